The van der Waals surface area contributed by atoms with Crippen LogP contribution in [0.15, 0.2) is 42.5 Å². The molecule has 2 rings (SSSR count). The quantitative estimate of drug-likeness (QED) is 0.703. The van der Waals surface area contributed by atoms with Gasteiger partial charge in [0.15, 0.2) is 0 Å². The minimum Gasteiger partial charge on any atom is -0.376 e. The zero-order valence-electron chi connectivity index (χ0n) is 14.4. The van der Waals surface area contributed by atoms with Gasteiger partial charge in [-0.05, 0) is 55.3 Å². The van der Waals surface area contributed by atoms with Crippen molar-refractivity contribution in [2.75, 3.05) is 23.7 Å². The van der Waals surface area contributed by atoms with Gasteiger partial charge in [0.1, 0.15) is 0 Å². The third-order valence-electron chi connectivity index (χ3n) is 3.61. The lowest BCUT2D eigenvalue weighted by Gasteiger charge is -2.11. The molecule has 0 aliphatic carbocycles. The fourth-order valence-electron chi connectivity index (χ4n) is 2.19. The van der Waals surface area contributed by atoms with Crippen LogP contribution in [-0.4, -0.2) is 24.9 Å². The van der Waals surface area contributed by atoms with Gasteiger partial charge in [0.2, 0.25) is 5.91 Å². The fourth-order valence-corrected chi connectivity index (χ4v) is 2.36. The first kappa shape index (κ1) is 18.8. The summed E-state index contributed by atoms with van der Waals surface area (Å²) in [7, 11) is 0. The van der Waals surface area contributed by atoms with Gasteiger partial charge in [-0.1, -0.05) is 24.6 Å². The van der Waals surface area contributed by atoms with Crippen molar-refractivity contribution >= 4 is 34.8 Å². The van der Waals surface area contributed by atoms with Crippen LogP contribution in [0.4, 0.5) is 11.4 Å². The third-order valence-corrected chi connectivity index (χ3v) is 3.84. The Kier molecular flexibility index (Phi) is 6.83. The van der Waals surface area contributed by atoms with Crippen LogP contribution in [0.2, 0.25) is 5.02 Å². The molecule has 2 amide bonds. The fraction of sp³-hybridized carbons (Fsp3) is 0.263. The Hall–Kier alpha value is -2.53. The molecule has 25 heavy (non-hydrogen) atoms. The molecule has 3 N–H and O–H groups in total. The van der Waals surface area contributed by atoms with Crippen molar-refractivity contribution in [3.8, 4) is 0 Å². The number of benzene rings is 2. The van der Waals surface area contributed by atoms with E-state index in [4.69, 9.17) is 11.6 Å². The smallest absolute Gasteiger partial charge is 0.251 e. The van der Waals surface area contributed by atoms with E-state index >= 15 is 0 Å². The Morgan fingerprint density at radius 1 is 1.08 bits per heavy atom. The van der Waals surface area contributed by atoms with Crippen molar-refractivity contribution in [2.24, 2.45) is 0 Å². The number of amides is 2. The summed E-state index contributed by atoms with van der Waals surface area (Å²) < 4.78 is 0. The average molecular weight is 360 g/mol. The molecule has 5 nitrogen and oxygen atoms in total. The molecule has 6 heteroatoms. The molecule has 132 valence electrons. The molecule has 0 atom stereocenters. The van der Waals surface area contributed by atoms with Crippen LogP contribution in [-0.2, 0) is 4.79 Å². The van der Waals surface area contributed by atoms with Gasteiger partial charge in [0.05, 0.1) is 6.54 Å². The van der Waals surface area contributed by atoms with E-state index in [0.717, 1.165) is 17.7 Å². The van der Waals surface area contributed by atoms with Crippen LogP contribution in [0.1, 0.15) is 29.3 Å². The molecule has 0 unspecified atom stereocenters. The maximum atomic E-state index is 12.1. The van der Waals surface area contributed by atoms with E-state index in [1.807, 2.05) is 19.9 Å². The van der Waals surface area contributed by atoms with Crippen LogP contribution in [0.3, 0.4) is 0 Å². The summed E-state index contributed by atoms with van der Waals surface area (Å²) >= 11 is 5.95. The third kappa shape index (κ3) is 5.80. The molecule has 0 bridgehead atoms. The Labute approximate surface area is 152 Å². The minimum atomic E-state index is -0.171. The van der Waals surface area contributed by atoms with E-state index in [2.05, 4.69) is 16.0 Å². The van der Waals surface area contributed by atoms with Crippen LogP contribution < -0.4 is 16.0 Å². The molecule has 0 radical (unpaired) electrons. The van der Waals surface area contributed by atoms with E-state index in [1.54, 1.807) is 36.4 Å². The summed E-state index contributed by atoms with van der Waals surface area (Å²) in [5, 5.41) is 9.25. The zero-order chi connectivity index (χ0) is 18.2. The second-order valence-corrected chi connectivity index (χ2v) is 6.13. The van der Waals surface area contributed by atoms with Crippen LogP contribution >= 0.6 is 11.6 Å². The molecular formula is C19H22ClN3O2. The second kappa shape index (κ2) is 9.08. The number of hydrogen-bond acceptors (Lipinski definition) is 3. The number of carbonyl (C=O) groups is 2. The highest BCUT2D eigenvalue weighted by Crippen LogP contribution is 2.20. The van der Waals surface area contributed by atoms with Gasteiger partial charge in [-0.2, -0.15) is 0 Å². The van der Waals surface area contributed by atoms with Crippen molar-refractivity contribution in [1.29, 1.82) is 0 Å². The molecule has 0 aromatic heterocycles. The minimum absolute atomic E-state index is 0.0948. The Morgan fingerprint density at radius 3 is 2.48 bits per heavy atom. The van der Waals surface area contributed by atoms with Gasteiger partial charge in [-0.25, -0.2) is 0 Å². The molecule has 0 saturated carbocycles. The van der Waals surface area contributed by atoms with Crippen LogP contribution in [0.25, 0.3) is 0 Å². The van der Waals surface area contributed by atoms with Gasteiger partial charge >= 0.3 is 0 Å². The number of carbonyl (C=O) groups excluding carboxylic acids is 2. The summed E-state index contributed by atoms with van der Waals surface area (Å²) in [4.78, 5) is 23.9. The molecule has 0 fully saturated rings. The summed E-state index contributed by atoms with van der Waals surface area (Å²) in [5.41, 5.74) is 3.01. The first-order chi connectivity index (χ1) is 12.0. The molecule has 0 aliphatic heterocycles. The summed E-state index contributed by atoms with van der Waals surface area (Å²) in [5.74, 6) is -0.266. The van der Waals surface area contributed by atoms with Crippen molar-refractivity contribution in [2.45, 2.75) is 20.3 Å². The number of hydrogen-bond donors (Lipinski definition) is 3. The largest absolute Gasteiger partial charge is 0.376 e. The van der Waals surface area contributed by atoms with E-state index in [9.17, 15) is 9.59 Å². The predicted octanol–water partition coefficient (Wildman–Crippen LogP) is 3.84. The zero-order valence-corrected chi connectivity index (χ0v) is 15.1. The van der Waals surface area contributed by atoms with Crippen molar-refractivity contribution in [3.05, 3.63) is 58.6 Å². The lowest BCUT2D eigenvalue weighted by molar-refractivity contribution is -0.114. The van der Waals surface area contributed by atoms with Crippen LogP contribution in [0.5, 0.6) is 0 Å². The summed E-state index contributed by atoms with van der Waals surface area (Å²) in [6, 6.07) is 12.4. The maximum Gasteiger partial charge on any atom is 0.251 e. The molecule has 0 aliphatic rings. The average Bonchev–Trinajstić information content (AvgIpc) is 2.61. The monoisotopic (exact) mass is 359 g/mol. The maximum absolute atomic E-state index is 12.1. The van der Waals surface area contributed by atoms with Crippen molar-refractivity contribution in [1.82, 2.24) is 5.32 Å². The molecule has 0 heterocycles. The van der Waals surface area contributed by atoms with Gasteiger partial charge in [-0.3, -0.25) is 9.59 Å². The molecule has 2 aromatic carbocycles. The number of anilines is 2. The lowest BCUT2D eigenvalue weighted by atomic mass is 10.2. The van der Waals surface area contributed by atoms with Gasteiger partial charge in [-0.15, -0.1) is 0 Å². The van der Waals surface area contributed by atoms with Gasteiger partial charge < -0.3 is 16.0 Å². The van der Waals surface area contributed by atoms with E-state index in [-0.39, 0.29) is 18.4 Å². The number of aryl methyl sites for hydroxylation is 1. The van der Waals surface area contributed by atoms with Crippen LogP contribution in [0, 0.1) is 6.92 Å². The van der Waals surface area contributed by atoms with E-state index in [1.165, 1.54) is 0 Å². The Morgan fingerprint density at radius 2 is 1.80 bits per heavy atom. The van der Waals surface area contributed by atoms with E-state index in [0.29, 0.717) is 22.8 Å². The topological polar surface area (TPSA) is 70.2 Å². The first-order valence-corrected chi connectivity index (χ1v) is 8.55. The SMILES string of the molecule is CCCNC(=O)c1ccc(NCC(=O)Nc2cc(Cl)ccc2C)cc1. The van der Waals surface area contributed by atoms with E-state index < -0.39 is 0 Å². The molecule has 0 saturated heterocycles. The highest BCUT2D eigenvalue weighted by molar-refractivity contribution is 6.31. The molecule has 2 aromatic rings. The standard InChI is InChI=1S/C19H22ClN3O2/c1-3-10-21-19(25)14-5-8-16(9-6-14)22-12-18(24)23-17-11-15(20)7-4-13(17)2/h4-9,11,22H,3,10,12H2,1-2H3,(H,21,25)(H,23,24). The first-order valence-electron chi connectivity index (χ1n) is 8.17. The van der Waals surface area contributed by atoms with Gasteiger partial charge in [0, 0.05) is 28.5 Å². The predicted molar refractivity (Wildman–Crippen MR) is 102 cm³/mol. The lowest BCUT2D eigenvalue weighted by Crippen LogP contribution is -2.24. The van der Waals surface area contributed by atoms with Crippen molar-refractivity contribution in [3.63, 3.8) is 0 Å². The highest BCUT2D eigenvalue weighted by atomic mass is 35.5. The highest BCUT2D eigenvalue weighted by Gasteiger charge is 2.07. The van der Waals surface area contributed by atoms with Gasteiger partial charge in [0.25, 0.3) is 5.91 Å². The Balaban J connectivity index is 1.87. The number of nitrogens with one attached hydrogen (secondary N) is 3. The Bertz CT molecular complexity index is 745. The molecular weight excluding hydrogens is 338 g/mol. The normalized spacial score (nSPS) is 10.2. The second-order valence-electron chi connectivity index (χ2n) is 5.69. The number of halogens is 1. The summed E-state index contributed by atoms with van der Waals surface area (Å²) in [6.45, 7) is 4.68. The van der Waals surface area contributed by atoms with Crippen molar-refractivity contribution < 1.29 is 9.59 Å². The molecule has 0 spiro atoms. The number of rotatable bonds is 7. The summed E-state index contributed by atoms with van der Waals surface area (Å²) in [6.07, 6.45) is 0.895.